The van der Waals surface area contributed by atoms with Crippen LogP contribution in [-0.2, 0) is 0 Å². The molecule has 3 heterocycles. The van der Waals surface area contributed by atoms with E-state index in [9.17, 15) is 0 Å². The molecule has 5 heteroatoms. The molecule has 0 N–H and O–H groups in total. The maximum Gasteiger partial charge on any atom is 0.164 e. The van der Waals surface area contributed by atoms with Gasteiger partial charge in [0.1, 0.15) is 0 Å². The van der Waals surface area contributed by atoms with Gasteiger partial charge < -0.3 is 0 Å². The van der Waals surface area contributed by atoms with Crippen LogP contribution in [0.5, 0.6) is 0 Å². The van der Waals surface area contributed by atoms with E-state index in [1.165, 1.54) is 10.8 Å². The molecule has 0 aliphatic rings. The number of hydrogen-bond donors (Lipinski definition) is 0. The van der Waals surface area contributed by atoms with Gasteiger partial charge in [-0.05, 0) is 121 Å². The van der Waals surface area contributed by atoms with E-state index in [1.54, 1.807) is 0 Å². The van der Waals surface area contributed by atoms with Crippen molar-refractivity contribution in [2.45, 2.75) is 0 Å². The van der Waals surface area contributed by atoms with Crippen molar-refractivity contribution in [3.63, 3.8) is 0 Å². The van der Waals surface area contributed by atoms with Gasteiger partial charge in [-0.2, -0.15) is 0 Å². The highest BCUT2D eigenvalue weighted by atomic mass is 15.0. The van der Waals surface area contributed by atoms with Crippen LogP contribution >= 0.6 is 0 Å². The fourth-order valence-electron chi connectivity index (χ4n) is 8.71. The molecule has 298 valence electrons. The zero-order chi connectivity index (χ0) is 42.4. The molecule has 12 rings (SSSR count). The normalized spacial score (nSPS) is 11.4. The highest BCUT2D eigenvalue weighted by Gasteiger charge is 2.16. The molecule has 0 bridgehead atoms. The predicted molar refractivity (Wildman–Crippen MR) is 263 cm³/mol. The number of pyridine rings is 2. The molecule has 0 aliphatic carbocycles. The van der Waals surface area contributed by atoms with E-state index < -0.39 is 0 Å². The number of nitrogens with zero attached hydrogens (tertiary/aromatic N) is 5. The van der Waals surface area contributed by atoms with Crippen molar-refractivity contribution >= 4 is 43.4 Å². The molecule has 0 fully saturated rings. The first-order valence-electron chi connectivity index (χ1n) is 21.4. The Morgan fingerprint density at radius 3 is 0.984 bits per heavy atom. The highest BCUT2D eigenvalue weighted by molar-refractivity contribution is 5.90. The molecule has 12 aromatic rings. The summed E-state index contributed by atoms with van der Waals surface area (Å²) in [5, 5.41) is 6.84. The van der Waals surface area contributed by atoms with Crippen molar-refractivity contribution in [1.82, 2.24) is 24.9 Å². The Morgan fingerprint density at radius 2 is 0.531 bits per heavy atom. The fourth-order valence-corrected chi connectivity index (χ4v) is 8.71. The van der Waals surface area contributed by atoms with Crippen LogP contribution in [0.25, 0.3) is 122 Å². The van der Waals surface area contributed by atoms with E-state index in [2.05, 4.69) is 210 Å². The molecule has 0 atom stereocenters. The van der Waals surface area contributed by atoms with Crippen LogP contribution in [0, 0.1) is 0 Å². The van der Waals surface area contributed by atoms with Gasteiger partial charge in [0.2, 0.25) is 0 Å². The zero-order valence-corrected chi connectivity index (χ0v) is 34.6. The quantitative estimate of drug-likeness (QED) is 0.160. The summed E-state index contributed by atoms with van der Waals surface area (Å²) < 4.78 is 0. The minimum absolute atomic E-state index is 0.602. The van der Waals surface area contributed by atoms with Crippen LogP contribution < -0.4 is 0 Å². The second kappa shape index (κ2) is 15.7. The molecule has 0 saturated carbocycles. The molecule has 3 aromatic heterocycles. The standard InChI is InChI=1S/C59H37N5/c1-3-9-46-31-50(27-21-38(46)7-1)57-62-58(51-28-22-39-8-2-4-10-47(39)32-51)64-59(63-57)54-34-52(42-17-13-40(14-18-42)48-25-23-44-11-5-29-60-55(44)36-48)33-53(35-54)43-19-15-41(16-20-43)49-26-24-45-12-6-30-61-56(45)37-49/h1-37H. The van der Waals surface area contributed by atoms with Crippen molar-refractivity contribution in [1.29, 1.82) is 0 Å². The topological polar surface area (TPSA) is 64.5 Å². The van der Waals surface area contributed by atoms with Crippen LogP contribution in [0.2, 0.25) is 0 Å². The molecule has 0 spiro atoms. The summed E-state index contributed by atoms with van der Waals surface area (Å²) in [6.45, 7) is 0. The molecular formula is C59H37N5. The van der Waals surface area contributed by atoms with Crippen molar-refractivity contribution in [2.24, 2.45) is 0 Å². The number of benzene rings is 9. The Kier molecular flexibility index (Phi) is 9.08. The maximum absolute atomic E-state index is 5.26. The maximum atomic E-state index is 5.26. The predicted octanol–water partition coefficient (Wildman–Crippen LogP) is 14.9. The summed E-state index contributed by atoms with van der Waals surface area (Å²) in [4.78, 5) is 24.9. The summed E-state index contributed by atoms with van der Waals surface area (Å²) >= 11 is 0. The second-order valence-corrected chi connectivity index (χ2v) is 16.2. The van der Waals surface area contributed by atoms with Gasteiger partial charge in [0.05, 0.1) is 11.0 Å². The van der Waals surface area contributed by atoms with Crippen LogP contribution in [0.15, 0.2) is 225 Å². The van der Waals surface area contributed by atoms with Gasteiger partial charge >= 0.3 is 0 Å². The van der Waals surface area contributed by atoms with E-state index in [0.29, 0.717) is 17.5 Å². The smallest absolute Gasteiger partial charge is 0.164 e. The van der Waals surface area contributed by atoms with E-state index in [4.69, 9.17) is 15.0 Å². The SMILES string of the molecule is c1ccc2cc(-c3nc(-c4cc(-c5ccc(-c6ccc7cccnc7c6)cc5)cc(-c5ccc(-c6ccc7cccnc7c6)cc5)c4)nc(-c4ccc5ccccc5c4)n3)ccc2c1. The number of hydrogen-bond acceptors (Lipinski definition) is 5. The molecule has 64 heavy (non-hydrogen) atoms. The van der Waals surface area contributed by atoms with E-state index in [0.717, 1.165) is 93.8 Å². The summed E-state index contributed by atoms with van der Waals surface area (Å²) in [5.41, 5.74) is 13.5. The zero-order valence-electron chi connectivity index (χ0n) is 34.6. The van der Waals surface area contributed by atoms with Gasteiger partial charge in [-0.25, -0.2) is 15.0 Å². The van der Waals surface area contributed by atoms with Gasteiger partial charge in [-0.15, -0.1) is 0 Å². The van der Waals surface area contributed by atoms with Crippen molar-refractivity contribution in [3.05, 3.63) is 225 Å². The first-order chi connectivity index (χ1) is 31.6. The second-order valence-electron chi connectivity index (χ2n) is 16.2. The Labute approximate surface area is 370 Å². The van der Waals surface area contributed by atoms with Crippen LogP contribution in [0.4, 0.5) is 0 Å². The van der Waals surface area contributed by atoms with Gasteiger partial charge in [0.15, 0.2) is 17.5 Å². The number of aromatic nitrogens is 5. The lowest BCUT2D eigenvalue weighted by molar-refractivity contribution is 1.08. The summed E-state index contributed by atoms with van der Waals surface area (Å²) in [6.07, 6.45) is 3.69. The third-order valence-corrected chi connectivity index (χ3v) is 12.2. The Balaban J connectivity index is 1.01. The fraction of sp³-hybridized carbons (Fsp3) is 0. The lowest BCUT2D eigenvalue weighted by atomic mass is 9.93. The van der Waals surface area contributed by atoms with Gasteiger partial charge in [0, 0.05) is 39.9 Å². The average Bonchev–Trinajstić information content (AvgIpc) is 3.38. The molecule has 0 saturated heterocycles. The van der Waals surface area contributed by atoms with Gasteiger partial charge in [-0.1, -0.05) is 158 Å². The number of fused-ring (bicyclic) bond motifs is 4. The Morgan fingerprint density at radius 1 is 0.203 bits per heavy atom. The molecule has 0 aliphatic heterocycles. The summed E-state index contributed by atoms with van der Waals surface area (Å²) in [7, 11) is 0. The van der Waals surface area contributed by atoms with Crippen LogP contribution in [0.1, 0.15) is 0 Å². The van der Waals surface area contributed by atoms with Gasteiger partial charge in [0.25, 0.3) is 0 Å². The molecule has 0 unspecified atom stereocenters. The van der Waals surface area contributed by atoms with E-state index in [-0.39, 0.29) is 0 Å². The molecule has 5 nitrogen and oxygen atoms in total. The largest absolute Gasteiger partial charge is 0.256 e. The van der Waals surface area contributed by atoms with Crippen molar-refractivity contribution in [2.75, 3.05) is 0 Å². The Bertz CT molecular complexity index is 3490. The van der Waals surface area contributed by atoms with Crippen LogP contribution in [0.3, 0.4) is 0 Å². The minimum Gasteiger partial charge on any atom is -0.256 e. The van der Waals surface area contributed by atoms with Crippen molar-refractivity contribution in [3.8, 4) is 78.7 Å². The number of rotatable bonds is 7. The van der Waals surface area contributed by atoms with Crippen LogP contribution in [-0.4, -0.2) is 24.9 Å². The molecule has 9 aromatic carbocycles. The summed E-state index contributed by atoms with van der Waals surface area (Å²) in [6, 6.07) is 74.9. The molecule has 0 radical (unpaired) electrons. The molecule has 0 amide bonds. The first kappa shape index (κ1) is 37.1. The minimum atomic E-state index is 0.602. The Hall–Kier alpha value is -8.67. The summed E-state index contributed by atoms with van der Waals surface area (Å²) in [5.74, 6) is 1.84. The third-order valence-electron chi connectivity index (χ3n) is 12.2. The lowest BCUT2D eigenvalue weighted by Gasteiger charge is -2.14. The lowest BCUT2D eigenvalue weighted by Crippen LogP contribution is -2.01. The van der Waals surface area contributed by atoms with Crippen molar-refractivity contribution < 1.29 is 0 Å². The van der Waals surface area contributed by atoms with E-state index >= 15 is 0 Å². The monoisotopic (exact) mass is 815 g/mol. The molecular weight excluding hydrogens is 779 g/mol. The third kappa shape index (κ3) is 7.11. The van der Waals surface area contributed by atoms with E-state index in [1.807, 2.05) is 24.5 Å². The van der Waals surface area contributed by atoms with Gasteiger partial charge in [-0.3, -0.25) is 9.97 Å². The average molecular weight is 816 g/mol. The first-order valence-corrected chi connectivity index (χ1v) is 21.4. The highest BCUT2D eigenvalue weighted by Crippen LogP contribution is 2.36.